The number of hydrogen-bond donors (Lipinski definition) is 2. The number of carboxylic acids is 1. The van der Waals surface area contributed by atoms with Gasteiger partial charge in [0.15, 0.2) is 0 Å². The van der Waals surface area contributed by atoms with Crippen LogP contribution in [0.2, 0.25) is 0 Å². The van der Waals surface area contributed by atoms with Crippen molar-refractivity contribution in [1.82, 2.24) is 9.97 Å². The van der Waals surface area contributed by atoms with Gasteiger partial charge in [-0.2, -0.15) is 13.2 Å². The second kappa shape index (κ2) is 10.4. The monoisotopic (exact) mass is 532 g/mol. The number of rotatable bonds is 7. The van der Waals surface area contributed by atoms with Crippen LogP contribution in [0.4, 0.5) is 24.7 Å². The van der Waals surface area contributed by atoms with E-state index in [1.54, 1.807) is 27.0 Å². The lowest BCUT2D eigenvalue weighted by Gasteiger charge is -2.28. The maximum absolute atomic E-state index is 13.4. The topological polar surface area (TPSA) is 127 Å². The molecule has 202 valence electrons. The first-order valence-electron chi connectivity index (χ1n) is 12.1. The molecule has 38 heavy (non-hydrogen) atoms. The van der Waals surface area contributed by atoms with Gasteiger partial charge in [-0.05, 0) is 68.7 Å². The number of nitrogens with one attached hydrogen (secondary N) is 1. The Hall–Kier alpha value is -3.96. The van der Waals surface area contributed by atoms with Crippen LogP contribution < -0.4 is 10.1 Å². The molecule has 0 spiro atoms. The van der Waals surface area contributed by atoms with Crippen LogP contribution in [-0.2, 0) is 11.0 Å². The first-order valence-corrected chi connectivity index (χ1v) is 12.1. The molecular formula is C26H27F3N4O5. The van der Waals surface area contributed by atoms with Gasteiger partial charge in [-0.15, -0.1) is 0 Å². The summed E-state index contributed by atoms with van der Waals surface area (Å²) in [6, 6.07) is 5.40. The van der Waals surface area contributed by atoms with E-state index in [9.17, 15) is 33.2 Å². The van der Waals surface area contributed by atoms with E-state index in [0.29, 0.717) is 60.0 Å². The van der Waals surface area contributed by atoms with Gasteiger partial charge in [-0.25, -0.2) is 9.97 Å². The number of aliphatic carboxylic acids is 1. The number of nitro groups is 1. The summed E-state index contributed by atoms with van der Waals surface area (Å²) >= 11 is 0. The molecule has 4 rings (SSSR count). The first kappa shape index (κ1) is 27.1. The summed E-state index contributed by atoms with van der Waals surface area (Å²) in [5, 5.41) is 24.4. The number of anilines is 1. The Morgan fingerprint density at radius 3 is 2.42 bits per heavy atom. The van der Waals surface area contributed by atoms with Gasteiger partial charge in [0.05, 0.1) is 35.1 Å². The lowest BCUT2D eigenvalue weighted by atomic mass is 9.78. The number of methoxy groups -OCH3 is 1. The standard InChI is InChI=1S/C26H27F3N4O5/c1-13(17-8-18(26(27,28)29)10-19(9-17)33(36)37)30-24-21-11-20(15-4-6-16(7-5-15)25(34)35)23(38-3)12-22(21)31-14(2)32-24/h8-13,15-16H,4-7H2,1-3H3,(H,34,35)(H,30,31,32)/t13-,15?,16?/m1/s1. The highest BCUT2D eigenvalue weighted by atomic mass is 19.4. The van der Waals surface area contributed by atoms with E-state index in [1.165, 1.54) is 0 Å². The van der Waals surface area contributed by atoms with Crippen molar-refractivity contribution in [2.45, 2.75) is 57.7 Å². The molecule has 0 radical (unpaired) electrons. The van der Waals surface area contributed by atoms with Crippen LogP contribution in [0, 0.1) is 23.0 Å². The fourth-order valence-electron chi connectivity index (χ4n) is 4.99. The molecule has 9 nitrogen and oxygen atoms in total. The van der Waals surface area contributed by atoms with Crippen molar-refractivity contribution in [1.29, 1.82) is 0 Å². The van der Waals surface area contributed by atoms with Crippen LogP contribution in [0.15, 0.2) is 30.3 Å². The molecule has 0 amide bonds. The van der Waals surface area contributed by atoms with Gasteiger partial charge in [0.2, 0.25) is 0 Å². The van der Waals surface area contributed by atoms with Crippen molar-refractivity contribution in [3.63, 3.8) is 0 Å². The number of aryl methyl sites for hydroxylation is 1. The summed E-state index contributed by atoms with van der Waals surface area (Å²) in [5.74, 6) is 0.276. The second-order valence-electron chi connectivity index (χ2n) is 9.55. The molecular weight excluding hydrogens is 505 g/mol. The Kier molecular flexibility index (Phi) is 7.43. The summed E-state index contributed by atoms with van der Waals surface area (Å²) in [6.07, 6.45) is -2.33. The van der Waals surface area contributed by atoms with Crippen LogP contribution in [0.1, 0.15) is 67.1 Å². The van der Waals surface area contributed by atoms with Crippen LogP contribution in [0.25, 0.3) is 10.9 Å². The molecule has 1 fully saturated rings. The highest BCUT2D eigenvalue weighted by Crippen LogP contribution is 2.42. The number of halogens is 3. The van der Waals surface area contributed by atoms with E-state index in [2.05, 4.69) is 15.3 Å². The van der Waals surface area contributed by atoms with E-state index < -0.39 is 34.4 Å². The van der Waals surface area contributed by atoms with Crippen molar-refractivity contribution in [2.24, 2.45) is 5.92 Å². The minimum absolute atomic E-state index is 0.0580. The number of ether oxygens (including phenoxy) is 1. The Morgan fingerprint density at radius 1 is 1.16 bits per heavy atom. The number of carboxylic acid groups (broad SMARTS) is 1. The molecule has 1 atom stereocenters. The lowest BCUT2D eigenvalue weighted by molar-refractivity contribution is -0.385. The molecule has 2 aromatic carbocycles. The van der Waals surface area contributed by atoms with E-state index in [0.717, 1.165) is 17.7 Å². The highest BCUT2D eigenvalue weighted by Gasteiger charge is 2.33. The first-order chi connectivity index (χ1) is 17.9. The van der Waals surface area contributed by atoms with E-state index >= 15 is 0 Å². The van der Waals surface area contributed by atoms with Gasteiger partial charge in [0.25, 0.3) is 5.69 Å². The number of non-ortho nitro benzene ring substituents is 1. The molecule has 12 heteroatoms. The molecule has 0 saturated heterocycles. The molecule has 0 unspecified atom stereocenters. The zero-order valence-corrected chi connectivity index (χ0v) is 21.0. The number of alkyl halides is 3. The van der Waals surface area contributed by atoms with Crippen LogP contribution in [0.3, 0.4) is 0 Å². The Bertz CT molecular complexity index is 1390. The second-order valence-corrected chi connectivity index (χ2v) is 9.55. The molecule has 1 heterocycles. The molecule has 1 aliphatic carbocycles. The van der Waals surface area contributed by atoms with Crippen LogP contribution >= 0.6 is 0 Å². The molecule has 1 saturated carbocycles. The quantitative estimate of drug-likeness (QED) is 0.264. The smallest absolute Gasteiger partial charge is 0.416 e. The van der Waals surface area contributed by atoms with E-state index in [4.69, 9.17) is 4.74 Å². The van der Waals surface area contributed by atoms with Crippen molar-refractivity contribution < 1.29 is 32.7 Å². The number of nitrogens with zero attached hydrogens (tertiary/aromatic N) is 3. The van der Waals surface area contributed by atoms with Crippen molar-refractivity contribution in [3.05, 3.63) is 63.0 Å². The number of nitro benzene ring substituents is 1. The summed E-state index contributed by atoms with van der Waals surface area (Å²) in [7, 11) is 1.55. The van der Waals surface area contributed by atoms with Gasteiger partial charge in [-0.3, -0.25) is 14.9 Å². The Labute approximate surface area is 216 Å². The minimum atomic E-state index is -4.75. The average Bonchev–Trinajstić information content (AvgIpc) is 2.87. The molecule has 3 aromatic rings. The molecule has 2 N–H and O–H groups in total. The summed E-state index contributed by atoms with van der Waals surface area (Å²) in [5.41, 5.74) is -0.250. The third kappa shape index (κ3) is 5.63. The number of carbonyl (C=O) groups is 1. The maximum atomic E-state index is 13.4. The van der Waals surface area contributed by atoms with Gasteiger partial charge < -0.3 is 15.2 Å². The molecule has 0 aliphatic heterocycles. The summed E-state index contributed by atoms with van der Waals surface area (Å²) in [6.45, 7) is 3.28. The maximum Gasteiger partial charge on any atom is 0.416 e. The summed E-state index contributed by atoms with van der Waals surface area (Å²) < 4.78 is 45.9. The van der Waals surface area contributed by atoms with Crippen LogP contribution in [-0.4, -0.2) is 33.1 Å². The summed E-state index contributed by atoms with van der Waals surface area (Å²) in [4.78, 5) is 30.8. The fraction of sp³-hybridized carbons (Fsp3) is 0.423. The predicted molar refractivity (Wildman–Crippen MR) is 133 cm³/mol. The van der Waals surface area contributed by atoms with Crippen molar-refractivity contribution in [3.8, 4) is 5.75 Å². The number of hydrogen-bond acceptors (Lipinski definition) is 7. The molecule has 1 aromatic heterocycles. The number of aromatic nitrogens is 2. The SMILES string of the molecule is COc1cc2nc(C)nc(N[C@H](C)c3cc([N+](=O)[O-])cc(C(F)(F)F)c3)c2cc1C1CCC(C(=O)O)CC1. The normalized spacial score (nSPS) is 18.7. The van der Waals surface area contributed by atoms with Crippen molar-refractivity contribution >= 4 is 28.4 Å². The lowest BCUT2D eigenvalue weighted by Crippen LogP contribution is -2.20. The minimum Gasteiger partial charge on any atom is -0.496 e. The Balaban J connectivity index is 1.73. The van der Waals surface area contributed by atoms with E-state index in [1.807, 2.05) is 6.07 Å². The fourth-order valence-corrected chi connectivity index (χ4v) is 4.99. The van der Waals surface area contributed by atoms with Crippen LogP contribution in [0.5, 0.6) is 5.75 Å². The zero-order chi connectivity index (χ0) is 27.8. The third-order valence-electron chi connectivity index (χ3n) is 7.01. The molecule has 0 bridgehead atoms. The number of benzene rings is 2. The van der Waals surface area contributed by atoms with Gasteiger partial charge >= 0.3 is 12.1 Å². The van der Waals surface area contributed by atoms with Gasteiger partial charge in [0, 0.05) is 23.6 Å². The third-order valence-corrected chi connectivity index (χ3v) is 7.01. The zero-order valence-electron chi connectivity index (χ0n) is 21.0. The predicted octanol–water partition coefficient (Wildman–Crippen LogP) is 6.41. The van der Waals surface area contributed by atoms with E-state index in [-0.39, 0.29) is 17.4 Å². The molecule has 1 aliphatic rings. The van der Waals surface area contributed by atoms with Crippen molar-refractivity contribution in [2.75, 3.05) is 12.4 Å². The highest BCUT2D eigenvalue weighted by molar-refractivity contribution is 5.91. The average molecular weight is 533 g/mol. The Morgan fingerprint density at radius 2 is 1.84 bits per heavy atom. The van der Waals surface area contributed by atoms with Gasteiger partial charge in [0.1, 0.15) is 17.4 Å². The number of fused-ring (bicyclic) bond motifs is 1. The largest absolute Gasteiger partial charge is 0.496 e. The van der Waals surface area contributed by atoms with Gasteiger partial charge in [-0.1, -0.05) is 0 Å².